The number of alkyl carbamates (subject to hydrolysis) is 1. The van der Waals surface area contributed by atoms with Crippen LogP contribution in [0.15, 0.2) is 60.9 Å². The second-order valence-electron chi connectivity index (χ2n) is 10.2. The normalized spacial score (nSPS) is 21.1. The quantitative estimate of drug-likeness (QED) is 0.504. The first-order valence-electron chi connectivity index (χ1n) is 13.6. The zero-order chi connectivity index (χ0) is 27.2. The number of nitrogens with zero attached hydrogens (tertiary/aromatic N) is 4. The van der Waals surface area contributed by atoms with E-state index in [4.69, 9.17) is 15.0 Å². The molecule has 0 unspecified atom stereocenters. The fraction of sp³-hybridized carbons (Fsp3) is 0.400. The SMILES string of the molecule is COC(=O)N[C@H]1CCCC[C@@H]1n1cnc(C(=O)N2CCNC[C@H]2Cc2ccc(C#N)cc2)c1-c1ccccc1. The van der Waals surface area contributed by atoms with E-state index in [1.165, 1.54) is 7.11 Å². The van der Waals surface area contributed by atoms with Gasteiger partial charge in [0.2, 0.25) is 0 Å². The summed E-state index contributed by atoms with van der Waals surface area (Å²) in [7, 11) is 1.37. The van der Waals surface area contributed by atoms with E-state index >= 15 is 0 Å². The van der Waals surface area contributed by atoms with Crippen LogP contribution in [0.2, 0.25) is 0 Å². The molecule has 1 aromatic heterocycles. The number of nitriles is 1. The van der Waals surface area contributed by atoms with E-state index in [0.717, 1.165) is 42.5 Å². The molecule has 1 aliphatic carbocycles. The lowest BCUT2D eigenvalue weighted by Gasteiger charge is -2.36. The number of amides is 2. The molecule has 1 aliphatic heterocycles. The predicted molar refractivity (Wildman–Crippen MR) is 147 cm³/mol. The molecular weight excluding hydrogens is 492 g/mol. The summed E-state index contributed by atoms with van der Waals surface area (Å²) in [5, 5.41) is 15.6. The van der Waals surface area contributed by atoms with Gasteiger partial charge in [0.05, 0.1) is 42.8 Å². The Bertz CT molecular complexity index is 1330. The van der Waals surface area contributed by atoms with Gasteiger partial charge in [-0.3, -0.25) is 4.79 Å². The lowest BCUT2D eigenvalue weighted by molar-refractivity contribution is 0.0631. The number of carbonyl (C=O) groups is 2. The Labute approximate surface area is 228 Å². The summed E-state index contributed by atoms with van der Waals surface area (Å²) in [6.07, 6.45) is 5.74. The van der Waals surface area contributed by atoms with Crippen LogP contribution in [-0.2, 0) is 11.2 Å². The second kappa shape index (κ2) is 12.1. The topological polar surface area (TPSA) is 112 Å². The predicted octanol–water partition coefficient (Wildman–Crippen LogP) is 3.92. The number of nitrogens with one attached hydrogen (secondary N) is 2. The molecular formula is C30H34N6O3. The van der Waals surface area contributed by atoms with Crippen LogP contribution in [0.5, 0.6) is 0 Å². The molecule has 5 rings (SSSR count). The van der Waals surface area contributed by atoms with Crippen molar-refractivity contribution in [2.75, 3.05) is 26.7 Å². The number of rotatable bonds is 6. The molecule has 0 radical (unpaired) electrons. The third-order valence-electron chi connectivity index (χ3n) is 7.78. The van der Waals surface area contributed by atoms with Crippen LogP contribution in [0.3, 0.4) is 0 Å². The molecule has 2 amide bonds. The van der Waals surface area contributed by atoms with Crippen LogP contribution >= 0.6 is 0 Å². The zero-order valence-electron chi connectivity index (χ0n) is 22.2. The summed E-state index contributed by atoms with van der Waals surface area (Å²) in [4.78, 5) is 32.9. The molecule has 2 aliphatic rings. The van der Waals surface area contributed by atoms with Gasteiger partial charge in [-0.15, -0.1) is 0 Å². The summed E-state index contributed by atoms with van der Waals surface area (Å²) in [6.45, 7) is 1.97. The standard InChI is InChI=1S/C30H34N6O3/c1-39-30(38)34-25-9-5-6-10-26(25)36-20-33-27(28(36)23-7-3-2-4-8-23)29(37)35-16-15-32-19-24(35)17-21-11-13-22(18-31)14-12-21/h2-4,7-8,11-14,20,24-26,32H,5-6,9-10,15-17,19H2,1H3,(H,34,38)/t24-,25+,26+/m1/s1. The van der Waals surface area contributed by atoms with Crippen molar-refractivity contribution in [1.82, 2.24) is 25.1 Å². The molecule has 2 heterocycles. The van der Waals surface area contributed by atoms with Crippen LogP contribution in [0, 0.1) is 11.3 Å². The highest BCUT2D eigenvalue weighted by molar-refractivity contribution is 5.98. The van der Waals surface area contributed by atoms with Crippen molar-refractivity contribution in [2.45, 2.75) is 50.2 Å². The highest BCUT2D eigenvalue weighted by Crippen LogP contribution is 2.35. The Hall–Kier alpha value is -4.16. The Kier molecular flexibility index (Phi) is 8.23. The van der Waals surface area contributed by atoms with Gasteiger partial charge in [-0.2, -0.15) is 5.26 Å². The van der Waals surface area contributed by atoms with E-state index in [9.17, 15) is 9.59 Å². The number of hydrogen-bond donors (Lipinski definition) is 2. The van der Waals surface area contributed by atoms with Gasteiger partial charge in [-0.05, 0) is 37.0 Å². The number of imidazole rings is 1. The Morgan fingerprint density at radius 2 is 1.90 bits per heavy atom. The first-order valence-corrected chi connectivity index (χ1v) is 13.6. The molecule has 2 fully saturated rings. The van der Waals surface area contributed by atoms with Gasteiger partial charge in [0.15, 0.2) is 5.69 Å². The third-order valence-corrected chi connectivity index (χ3v) is 7.78. The molecule has 1 saturated carbocycles. The number of piperazine rings is 1. The summed E-state index contributed by atoms with van der Waals surface area (Å²) in [5.41, 5.74) is 3.82. The van der Waals surface area contributed by atoms with Gasteiger partial charge in [0.1, 0.15) is 0 Å². The van der Waals surface area contributed by atoms with Gasteiger partial charge in [-0.1, -0.05) is 55.3 Å². The van der Waals surface area contributed by atoms with E-state index in [-0.39, 0.29) is 24.0 Å². The number of carbonyl (C=O) groups excluding carboxylic acids is 2. The highest BCUT2D eigenvalue weighted by Gasteiger charge is 2.35. The van der Waals surface area contributed by atoms with Crippen molar-refractivity contribution < 1.29 is 14.3 Å². The lowest BCUT2D eigenvalue weighted by Crippen LogP contribution is -2.54. The molecule has 1 saturated heterocycles. The summed E-state index contributed by atoms with van der Waals surface area (Å²) >= 11 is 0. The van der Waals surface area contributed by atoms with Crippen LogP contribution in [0.25, 0.3) is 11.3 Å². The number of aromatic nitrogens is 2. The Balaban J connectivity index is 1.48. The largest absolute Gasteiger partial charge is 0.453 e. The van der Waals surface area contributed by atoms with E-state index in [2.05, 4.69) is 21.3 Å². The first-order chi connectivity index (χ1) is 19.1. The fourth-order valence-corrected chi connectivity index (χ4v) is 5.81. The van der Waals surface area contributed by atoms with Crippen molar-refractivity contribution in [3.8, 4) is 17.3 Å². The number of benzene rings is 2. The lowest BCUT2D eigenvalue weighted by atomic mass is 9.89. The molecule has 39 heavy (non-hydrogen) atoms. The van der Waals surface area contributed by atoms with Gasteiger partial charge in [0.25, 0.3) is 5.91 Å². The van der Waals surface area contributed by atoms with E-state index < -0.39 is 6.09 Å². The molecule has 2 N–H and O–H groups in total. The molecule has 202 valence electrons. The Morgan fingerprint density at radius 1 is 1.13 bits per heavy atom. The van der Waals surface area contributed by atoms with Gasteiger partial charge >= 0.3 is 6.09 Å². The van der Waals surface area contributed by atoms with Crippen LogP contribution in [0.1, 0.15) is 53.3 Å². The van der Waals surface area contributed by atoms with Crippen molar-refractivity contribution in [3.63, 3.8) is 0 Å². The Morgan fingerprint density at radius 3 is 2.64 bits per heavy atom. The molecule has 3 atom stereocenters. The highest BCUT2D eigenvalue weighted by atomic mass is 16.5. The van der Waals surface area contributed by atoms with E-state index in [1.54, 1.807) is 6.33 Å². The van der Waals surface area contributed by atoms with Gasteiger partial charge < -0.3 is 24.8 Å². The minimum absolute atomic E-state index is 0.0421. The summed E-state index contributed by atoms with van der Waals surface area (Å²) in [5.74, 6) is -0.0963. The molecule has 9 heteroatoms. The minimum Gasteiger partial charge on any atom is -0.453 e. The summed E-state index contributed by atoms with van der Waals surface area (Å²) in [6, 6.07) is 19.4. The monoisotopic (exact) mass is 526 g/mol. The van der Waals surface area contributed by atoms with Crippen molar-refractivity contribution in [3.05, 3.63) is 77.7 Å². The molecule has 9 nitrogen and oxygen atoms in total. The van der Waals surface area contributed by atoms with Crippen molar-refractivity contribution >= 4 is 12.0 Å². The maximum Gasteiger partial charge on any atom is 0.407 e. The van der Waals surface area contributed by atoms with Gasteiger partial charge in [-0.25, -0.2) is 9.78 Å². The number of hydrogen-bond acceptors (Lipinski definition) is 6. The molecule has 0 spiro atoms. The number of ether oxygens (including phenoxy) is 1. The van der Waals surface area contributed by atoms with Crippen molar-refractivity contribution in [2.24, 2.45) is 0 Å². The third kappa shape index (κ3) is 5.81. The van der Waals surface area contributed by atoms with E-state index in [0.29, 0.717) is 37.3 Å². The smallest absolute Gasteiger partial charge is 0.407 e. The van der Waals surface area contributed by atoms with Crippen LogP contribution < -0.4 is 10.6 Å². The maximum absolute atomic E-state index is 14.2. The maximum atomic E-state index is 14.2. The van der Waals surface area contributed by atoms with Crippen LogP contribution in [-0.4, -0.2) is 65.3 Å². The van der Waals surface area contributed by atoms with Gasteiger partial charge in [0, 0.05) is 31.2 Å². The molecule has 3 aromatic rings. The van der Waals surface area contributed by atoms with Crippen LogP contribution in [0.4, 0.5) is 4.79 Å². The first kappa shape index (κ1) is 26.4. The molecule has 2 aromatic carbocycles. The van der Waals surface area contributed by atoms with Crippen molar-refractivity contribution in [1.29, 1.82) is 5.26 Å². The van der Waals surface area contributed by atoms with E-state index in [1.807, 2.05) is 59.5 Å². The fourth-order valence-electron chi connectivity index (χ4n) is 5.81. The zero-order valence-corrected chi connectivity index (χ0v) is 22.2. The average molecular weight is 527 g/mol. The number of methoxy groups -OCH3 is 1. The second-order valence-corrected chi connectivity index (χ2v) is 10.2. The molecule has 0 bridgehead atoms. The minimum atomic E-state index is -0.448. The summed E-state index contributed by atoms with van der Waals surface area (Å²) < 4.78 is 6.97. The average Bonchev–Trinajstić information content (AvgIpc) is 3.43.